The number of thiazole rings is 1. The molecule has 146 valence electrons. The molecule has 8 heteroatoms. The molecule has 3 rings (SSSR count). The summed E-state index contributed by atoms with van der Waals surface area (Å²) in [6.45, 7) is 4.65. The SMILES string of the molecule is CCCOc1ccc(NC(=O)Cc2csc(NC(=O)c3cccs3)n2)c(C)c1. The molecule has 0 aliphatic carbocycles. The summed E-state index contributed by atoms with van der Waals surface area (Å²) in [5.74, 6) is 0.441. The summed E-state index contributed by atoms with van der Waals surface area (Å²) in [7, 11) is 0. The van der Waals surface area contributed by atoms with Crippen molar-refractivity contribution < 1.29 is 14.3 Å². The highest BCUT2D eigenvalue weighted by molar-refractivity contribution is 7.14. The maximum absolute atomic E-state index is 12.3. The molecule has 0 unspecified atom stereocenters. The fourth-order valence-electron chi connectivity index (χ4n) is 2.46. The normalized spacial score (nSPS) is 10.5. The Morgan fingerprint density at radius 1 is 1.18 bits per heavy atom. The van der Waals surface area contributed by atoms with Crippen LogP contribution in [0.3, 0.4) is 0 Å². The number of aryl methyl sites for hydroxylation is 1. The van der Waals surface area contributed by atoms with Gasteiger partial charge in [-0.25, -0.2) is 4.98 Å². The van der Waals surface area contributed by atoms with Gasteiger partial charge in [-0.2, -0.15) is 0 Å². The minimum atomic E-state index is -0.193. The van der Waals surface area contributed by atoms with E-state index >= 15 is 0 Å². The highest BCUT2D eigenvalue weighted by Crippen LogP contribution is 2.22. The fourth-order valence-corrected chi connectivity index (χ4v) is 3.78. The molecule has 0 bridgehead atoms. The second kappa shape index (κ2) is 9.48. The topological polar surface area (TPSA) is 80.3 Å². The lowest BCUT2D eigenvalue weighted by Crippen LogP contribution is -2.15. The number of amides is 2. The number of carbonyl (C=O) groups is 2. The number of thiophene rings is 1. The number of aromatic nitrogens is 1. The maximum Gasteiger partial charge on any atom is 0.267 e. The molecule has 0 saturated carbocycles. The highest BCUT2D eigenvalue weighted by Gasteiger charge is 2.12. The number of rotatable bonds is 8. The van der Waals surface area contributed by atoms with Gasteiger partial charge in [0.15, 0.2) is 5.13 Å². The summed E-state index contributed by atoms with van der Waals surface area (Å²) in [6.07, 6.45) is 1.08. The van der Waals surface area contributed by atoms with E-state index < -0.39 is 0 Å². The van der Waals surface area contributed by atoms with E-state index in [0.29, 0.717) is 22.3 Å². The molecular weight excluding hydrogens is 394 g/mol. The van der Waals surface area contributed by atoms with Crippen molar-refractivity contribution in [2.45, 2.75) is 26.7 Å². The third-order valence-electron chi connectivity index (χ3n) is 3.80. The van der Waals surface area contributed by atoms with E-state index in [1.165, 1.54) is 22.7 Å². The molecule has 0 spiro atoms. The Labute approximate surface area is 171 Å². The van der Waals surface area contributed by atoms with Crippen molar-refractivity contribution in [3.63, 3.8) is 0 Å². The van der Waals surface area contributed by atoms with E-state index in [9.17, 15) is 9.59 Å². The first kappa shape index (κ1) is 20.0. The second-order valence-electron chi connectivity index (χ2n) is 6.13. The van der Waals surface area contributed by atoms with Gasteiger partial charge in [-0.3, -0.25) is 14.9 Å². The average Bonchev–Trinajstić information content (AvgIpc) is 3.34. The van der Waals surface area contributed by atoms with E-state index in [1.807, 2.05) is 36.6 Å². The van der Waals surface area contributed by atoms with E-state index in [1.54, 1.807) is 11.4 Å². The van der Waals surface area contributed by atoms with Crippen molar-refractivity contribution in [3.05, 3.63) is 57.2 Å². The van der Waals surface area contributed by atoms with Crippen molar-refractivity contribution in [3.8, 4) is 5.75 Å². The van der Waals surface area contributed by atoms with E-state index in [-0.39, 0.29) is 18.2 Å². The van der Waals surface area contributed by atoms with Crippen LogP contribution in [0.15, 0.2) is 41.1 Å². The number of nitrogens with zero attached hydrogens (tertiary/aromatic N) is 1. The van der Waals surface area contributed by atoms with Gasteiger partial charge >= 0.3 is 0 Å². The molecule has 2 heterocycles. The number of nitrogens with one attached hydrogen (secondary N) is 2. The predicted octanol–water partition coefficient (Wildman–Crippen LogP) is 4.74. The molecule has 0 aliphatic heterocycles. The average molecular weight is 416 g/mol. The van der Waals surface area contributed by atoms with Crippen LogP contribution in [-0.2, 0) is 11.2 Å². The van der Waals surface area contributed by atoms with Crippen LogP contribution in [0.2, 0.25) is 0 Å². The second-order valence-corrected chi connectivity index (χ2v) is 7.93. The number of hydrogen-bond donors (Lipinski definition) is 2. The standard InChI is InChI=1S/C20H21N3O3S2/c1-3-8-26-15-6-7-16(13(2)10-15)22-18(24)11-14-12-28-20(21-14)23-19(25)17-5-4-9-27-17/h4-7,9-10,12H,3,8,11H2,1-2H3,(H,22,24)(H,21,23,25). The molecule has 2 N–H and O–H groups in total. The van der Waals surface area contributed by atoms with E-state index in [0.717, 1.165) is 23.4 Å². The van der Waals surface area contributed by atoms with Gasteiger partial charge < -0.3 is 10.1 Å². The molecule has 0 fully saturated rings. The van der Waals surface area contributed by atoms with E-state index in [2.05, 4.69) is 22.5 Å². The zero-order valence-corrected chi connectivity index (χ0v) is 17.3. The number of benzene rings is 1. The van der Waals surface area contributed by atoms with E-state index in [4.69, 9.17) is 4.74 Å². The first-order valence-corrected chi connectivity index (χ1v) is 10.6. The Kier molecular flexibility index (Phi) is 6.78. The van der Waals surface area contributed by atoms with Crippen LogP contribution in [-0.4, -0.2) is 23.4 Å². The number of ether oxygens (including phenoxy) is 1. The van der Waals surface area contributed by atoms with Crippen molar-refractivity contribution in [2.24, 2.45) is 0 Å². The van der Waals surface area contributed by atoms with Gasteiger partial charge in [0, 0.05) is 11.1 Å². The fraction of sp³-hybridized carbons (Fsp3) is 0.250. The quantitative estimate of drug-likeness (QED) is 0.557. The van der Waals surface area contributed by atoms with Crippen LogP contribution in [0.4, 0.5) is 10.8 Å². The molecule has 0 aliphatic rings. The van der Waals surface area contributed by atoms with Crippen LogP contribution in [0.1, 0.15) is 34.3 Å². The minimum absolute atomic E-state index is 0.138. The van der Waals surface area contributed by atoms with Crippen molar-refractivity contribution in [1.82, 2.24) is 4.98 Å². The number of hydrogen-bond acceptors (Lipinski definition) is 6. The molecule has 6 nitrogen and oxygen atoms in total. The van der Waals surface area contributed by atoms with Gasteiger partial charge in [0.25, 0.3) is 5.91 Å². The van der Waals surface area contributed by atoms with Gasteiger partial charge in [-0.05, 0) is 48.6 Å². The Balaban J connectivity index is 1.55. The predicted molar refractivity (Wildman–Crippen MR) is 114 cm³/mol. The molecule has 3 aromatic rings. The third-order valence-corrected chi connectivity index (χ3v) is 5.48. The van der Waals surface area contributed by atoms with Gasteiger partial charge in [-0.1, -0.05) is 13.0 Å². The Hall–Kier alpha value is -2.71. The summed E-state index contributed by atoms with van der Waals surface area (Å²) in [5, 5.41) is 9.75. The third kappa shape index (κ3) is 5.40. The van der Waals surface area contributed by atoms with Crippen molar-refractivity contribution >= 4 is 45.3 Å². The summed E-state index contributed by atoms with van der Waals surface area (Å²) in [5.41, 5.74) is 2.30. The molecule has 28 heavy (non-hydrogen) atoms. The molecule has 0 atom stereocenters. The van der Waals surface area contributed by atoms with Crippen LogP contribution >= 0.6 is 22.7 Å². The van der Waals surface area contributed by atoms with Crippen LogP contribution in [0, 0.1) is 6.92 Å². The molecule has 2 aromatic heterocycles. The molecule has 2 amide bonds. The Morgan fingerprint density at radius 2 is 2.04 bits per heavy atom. The highest BCUT2D eigenvalue weighted by atomic mass is 32.1. The van der Waals surface area contributed by atoms with Gasteiger partial charge in [0.05, 0.1) is 23.6 Å². The van der Waals surface area contributed by atoms with Gasteiger partial charge in [0.1, 0.15) is 5.75 Å². The van der Waals surface area contributed by atoms with Crippen LogP contribution < -0.4 is 15.4 Å². The largest absolute Gasteiger partial charge is 0.494 e. The molecule has 0 saturated heterocycles. The summed E-state index contributed by atoms with van der Waals surface area (Å²) < 4.78 is 5.60. The number of carbonyl (C=O) groups excluding carboxylic acids is 2. The Bertz CT molecular complexity index is 952. The molecular formula is C20H21N3O3S2. The first-order valence-electron chi connectivity index (χ1n) is 8.87. The van der Waals surface area contributed by atoms with Gasteiger partial charge in [0.2, 0.25) is 5.91 Å². The van der Waals surface area contributed by atoms with Crippen molar-refractivity contribution in [1.29, 1.82) is 0 Å². The first-order chi connectivity index (χ1) is 13.5. The van der Waals surface area contributed by atoms with Gasteiger partial charge in [-0.15, -0.1) is 22.7 Å². The minimum Gasteiger partial charge on any atom is -0.494 e. The lowest BCUT2D eigenvalue weighted by atomic mass is 10.2. The number of anilines is 2. The maximum atomic E-state index is 12.3. The summed E-state index contributed by atoms with van der Waals surface area (Å²) in [4.78, 5) is 29.3. The van der Waals surface area contributed by atoms with Crippen LogP contribution in [0.5, 0.6) is 5.75 Å². The summed E-state index contributed by atoms with van der Waals surface area (Å²) >= 11 is 2.67. The lowest BCUT2D eigenvalue weighted by Gasteiger charge is -2.10. The Morgan fingerprint density at radius 3 is 2.75 bits per heavy atom. The van der Waals surface area contributed by atoms with Crippen molar-refractivity contribution in [2.75, 3.05) is 17.2 Å². The summed E-state index contributed by atoms with van der Waals surface area (Å²) in [6, 6.07) is 9.17. The molecule has 1 aromatic carbocycles. The molecule has 0 radical (unpaired) electrons. The zero-order chi connectivity index (χ0) is 19.9. The smallest absolute Gasteiger partial charge is 0.267 e. The monoisotopic (exact) mass is 415 g/mol. The zero-order valence-electron chi connectivity index (χ0n) is 15.7. The lowest BCUT2D eigenvalue weighted by molar-refractivity contribution is -0.115. The van der Waals surface area contributed by atoms with Crippen LogP contribution in [0.25, 0.3) is 0 Å².